The van der Waals surface area contributed by atoms with Crippen molar-refractivity contribution >= 4 is 29.4 Å². The summed E-state index contributed by atoms with van der Waals surface area (Å²) in [6.45, 7) is 7.00. The average molecular weight is 481 g/mol. The molecular weight excluding hydrogens is 452 g/mol. The van der Waals surface area contributed by atoms with Crippen LogP contribution in [0.25, 0.3) is 0 Å². The lowest BCUT2D eigenvalue weighted by atomic mass is 9.95. The topological polar surface area (TPSA) is 81.8 Å². The van der Waals surface area contributed by atoms with Crippen molar-refractivity contribution in [1.82, 2.24) is 20.4 Å². The second kappa shape index (κ2) is 9.89. The Balaban J connectivity index is 1.74. The molecule has 0 aromatic heterocycles. The van der Waals surface area contributed by atoms with Crippen LogP contribution in [0.2, 0.25) is 5.02 Å². The van der Waals surface area contributed by atoms with Crippen LogP contribution >= 0.6 is 11.6 Å². The molecule has 2 aromatic carbocycles. The number of benzene rings is 2. The molecule has 0 saturated carbocycles. The van der Waals surface area contributed by atoms with Gasteiger partial charge in [0.2, 0.25) is 5.91 Å². The van der Waals surface area contributed by atoms with Crippen molar-refractivity contribution in [2.45, 2.75) is 32.9 Å². The number of urea groups is 1. The molecule has 0 saturated heterocycles. The van der Waals surface area contributed by atoms with Crippen molar-refractivity contribution in [3.8, 4) is 0 Å². The van der Waals surface area contributed by atoms with Gasteiger partial charge in [-0.2, -0.15) is 0 Å². The third kappa shape index (κ3) is 4.53. The van der Waals surface area contributed by atoms with Crippen LogP contribution < -0.4 is 10.6 Å². The molecule has 2 aliphatic rings. The van der Waals surface area contributed by atoms with Crippen LogP contribution in [0.3, 0.4) is 0 Å². The summed E-state index contributed by atoms with van der Waals surface area (Å²) in [5.41, 5.74) is 2.61. The Kier molecular flexibility index (Phi) is 6.93. The molecule has 4 amide bonds. The van der Waals surface area contributed by atoms with Gasteiger partial charge in [0, 0.05) is 18.1 Å². The van der Waals surface area contributed by atoms with Crippen LogP contribution in [-0.2, 0) is 9.59 Å². The monoisotopic (exact) mass is 480 g/mol. The van der Waals surface area contributed by atoms with Gasteiger partial charge in [0.25, 0.3) is 5.91 Å². The van der Waals surface area contributed by atoms with Crippen molar-refractivity contribution in [1.29, 1.82) is 0 Å². The zero-order valence-corrected chi connectivity index (χ0v) is 20.3. The second-order valence-electron chi connectivity index (χ2n) is 8.92. The number of halogens is 1. The van der Waals surface area contributed by atoms with E-state index in [1.807, 2.05) is 51.1 Å². The van der Waals surface area contributed by atoms with Gasteiger partial charge < -0.3 is 15.5 Å². The Morgan fingerprint density at radius 3 is 2.41 bits per heavy atom. The minimum absolute atomic E-state index is 0.175. The highest BCUT2D eigenvalue weighted by Crippen LogP contribution is 2.39. The van der Waals surface area contributed by atoms with E-state index < -0.39 is 12.1 Å². The molecule has 0 radical (unpaired) electrons. The van der Waals surface area contributed by atoms with Gasteiger partial charge in [-0.15, -0.1) is 0 Å². The predicted octanol–water partition coefficient (Wildman–Crippen LogP) is 4.04. The van der Waals surface area contributed by atoms with Crippen LogP contribution in [0.15, 0.2) is 65.9 Å². The van der Waals surface area contributed by atoms with E-state index in [0.29, 0.717) is 29.4 Å². The van der Waals surface area contributed by atoms with E-state index in [2.05, 4.69) is 10.6 Å². The van der Waals surface area contributed by atoms with Crippen molar-refractivity contribution in [3.63, 3.8) is 0 Å². The summed E-state index contributed by atoms with van der Waals surface area (Å²) >= 11 is 6.06. The molecule has 8 heteroatoms. The second-order valence-corrected chi connectivity index (χ2v) is 9.36. The number of nitrogens with zero attached hydrogens (tertiary/aromatic N) is 2. The number of amides is 4. The number of hydrogen-bond acceptors (Lipinski definition) is 3. The van der Waals surface area contributed by atoms with E-state index >= 15 is 0 Å². The number of hydrogen-bond donors (Lipinski definition) is 2. The van der Waals surface area contributed by atoms with Gasteiger partial charge >= 0.3 is 6.03 Å². The third-order valence-corrected chi connectivity index (χ3v) is 6.38. The minimum Gasteiger partial charge on any atom is -0.354 e. The summed E-state index contributed by atoms with van der Waals surface area (Å²) in [5, 5.41) is 6.51. The van der Waals surface area contributed by atoms with Crippen molar-refractivity contribution in [3.05, 3.63) is 82.0 Å². The Labute approximate surface area is 204 Å². The lowest BCUT2D eigenvalue weighted by Gasteiger charge is -2.32. The highest BCUT2D eigenvalue weighted by Gasteiger charge is 2.47. The van der Waals surface area contributed by atoms with Gasteiger partial charge in [-0.3, -0.25) is 14.5 Å². The lowest BCUT2D eigenvalue weighted by molar-refractivity contribution is -0.136. The number of rotatable bonds is 7. The fourth-order valence-corrected chi connectivity index (χ4v) is 4.60. The number of nitrogens with one attached hydrogen (secondary N) is 2. The highest BCUT2D eigenvalue weighted by molar-refractivity contribution is 6.30. The molecule has 0 spiro atoms. The fourth-order valence-electron chi connectivity index (χ4n) is 4.47. The Hall–Kier alpha value is -3.32. The maximum atomic E-state index is 13.9. The van der Waals surface area contributed by atoms with Crippen molar-refractivity contribution < 1.29 is 14.4 Å². The summed E-state index contributed by atoms with van der Waals surface area (Å²) in [6.07, 6.45) is 0. The van der Waals surface area contributed by atoms with Gasteiger partial charge in [0.05, 0.1) is 23.9 Å². The van der Waals surface area contributed by atoms with Crippen LogP contribution in [0.5, 0.6) is 0 Å². The van der Waals surface area contributed by atoms with E-state index in [1.54, 1.807) is 34.1 Å². The van der Waals surface area contributed by atoms with E-state index in [-0.39, 0.29) is 30.3 Å². The van der Waals surface area contributed by atoms with Gasteiger partial charge in [-0.25, -0.2) is 4.79 Å². The maximum absolute atomic E-state index is 13.9. The normalized spacial score (nSPS) is 18.8. The standard InChI is InChI=1S/C26H29ClN4O3/c1-4-30-20-15-31(23(18-8-6-5-7-9-18)24(32)28-14-16(2)3)25(33)21(20)22(29-26(30)34)17-10-12-19(27)13-11-17/h5-13,16,22-23H,4,14-15H2,1-3H3,(H,28,32)(H,29,34). The molecular formula is C26H29ClN4O3. The summed E-state index contributed by atoms with van der Waals surface area (Å²) in [7, 11) is 0. The first-order valence-electron chi connectivity index (χ1n) is 11.5. The fraction of sp³-hybridized carbons (Fsp3) is 0.346. The molecule has 2 atom stereocenters. The van der Waals surface area contributed by atoms with E-state index in [4.69, 9.17) is 11.6 Å². The average Bonchev–Trinajstić information content (AvgIpc) is 3.15. The van der Waals surface area contributed by atoms with Gasteiger partial charge in [0.15, 0.2) is 0 Å². The molecule has 0 bridgehead atoms. The van der Waals surface area contributed by atoms with Crippen LogP contribution in [0.1, 0.15) is 44.0 Å². The smallest absolute Gasteiger partial charge is 0.322 e. The van der Waals surface area contributed by atoms with Crippen LogP contribution in [0.4, 0.5) is 4.79 Å². The number of carbonyl (C=O) groups is 3. The highest BCUT2D eigenvalue weighted by atomic mass is 35.5. The first-order valence-corrected chi connectivity index (χ1v) is 11.9. The molecule has 2 aromatic rings. The summed E-state index contributed by atoms with van der Waals surface area (Å²) in [6, 6.07) is 14.7. The molecule has 34 heavy (non-hydrogen) atoms. The zero-order valence-electron chi connectivity index (χ0n) is 19.5. The first-order chi connectivity index (χ1) is 16.3. The minimum atomic E-state index is -0.808. The summed E-state index contributed by atoms with van der Waals surface area (Å²) in [4.78, 5) is 43.3. The van der Waals surface area contributed by atoms with Crippen LogP contribution in [0, 0.1) is 5.92 Å². The summed E-state index contributed by atoms with van der Waals surface area (Å²) in [5.74, 6) is -0.229. The van der Waals surface area contributed by atoms with E-state index in [0.717, 1.165) is 11.1 Å². The molecule has 0 fully saturated rings. The Morgan fingerprint density at radius 2 is 1.79 bits per heavy atom. The van der Waals surface area contributed by atoms with E-state index in [9.17, 15) is 14.4 Å². The van der Waals surface area contributed by atoms with Crippen molar-refractivity contribution in [2.24, 2.45) is 5.92 Å². The third-order valence-electron chi connectivity index (χ3n) is 6.13. The van der Waals surface area contributed by atoms with Gasteiger partial charge in [0.1, 0.15) is 6.04 Å². The largest absolute Gasteiger partial charge is 0.354 e. The van der Waals surface area contributed by atoms with Crippen molar-refractivity contribution in [2.75, 3.05) is 19.6 Å². The summed E-state index contributed by atoms with van der Waals surface area (Å²) < 4.78 is 0. The number of likely N-dealkylation sites (N-methyl/N-ethyl adjacent to an activating group) is 1. The lowest BCUT2D eigenvalue weighted by Crippen LogP contribution is -2.47. The SMILES string of the molecule is CCN1C(=O)NC(c2ccc(Cl)cc2)C2=C1CN(C(C(=O)NCC(C)C)c1ccccc1)C2=O. The van der Waals surface area contributed by atoms with E-state index in [1.165, 1.54) is 0 Å². The van der Waals surface area contributed by atoms with Gasteiger partial charge in [-0.05, 0) is 36.1 Å². The molecule has 2 aliphatic heterocycles. The molecule has 2 N–H and O–H groups in total. The molecule has 2 heterocycles. The first kappa shape index (κ1) is 23.8. The Morgan fingerprint density at radius 1 is 1.12 bits per heavy atom. The van der Waals surface area contributed by atoms with Gasteiger partial charge in [-0.1, -0.05) is 67.9 Å². The molecule has 178 valence electrons. The maximum Gasteiger partial charge on any atom is 0.322 e. The van der Waals surface area contributed by atoms with Crippen LogP contribution in [-0.4, -0.2) is 47.3 Å². The molecule has 2 unspecified atom stereocenters. The molecule has 7 nitrogen and oxygen atoms in total. The zero-order chi connectivity index (χ0) is 24.4. The Bertz CT molecular complexity index is 1110. The molecule has 4 rings (SSSR count). The number of carbonyl (C=O) groups excluding carboxylic acids is 3. The molecule has 0 aliphatic carbocycles. The predicted molar refractivity (Wildman–Crippen MR) is 131 cm³/mol. The quantitative estimate of drug-likeness (QED) is 0.627.